The Kier molecular flexibility index (Phi) is 6.83. The Hall–Kier alpha value is -1.84. The molecule has 1 fully saturated rings. The topological polar surface area (TPSA) is 23.6 Å². The summed E-state index contributed by atoms with van der Waals surface area (Å²) in [4.78, 5) is 16.8. The molecule has 0 aromatic heterocycles. The van der Waals surface area contributed by atoms with Gasteiger partial charge in [0.1, 0.15) is 0 Å². The minimum atomic E-state index is 0. The highest BCUT2D eigenvalue weighted by atomic mass is 35.5. The summed E-state index contributed by atoms with van der Waals surface area (Å²) in [5.41, 5.74) is 3.83. The summed E-state index contributed by atoms with van der Waals surface area (Å²) in [7, 11) is 0. The number of carbonyl (C=O) groups excluding carboxylic acids is 1. The van der Waals surface area contributed by atoms with E-state index in [-0.39, 0.29) is 18.3 Å². The molecule has 4 heteroatoms. The number of aryl methyl sites for hydroxylation is 1. The first kappa shape index (κ1) is 18.5. The van der Waals surface area contributed by atoms with Crippen LogP contribution in [0, 0.1) is 6.92 Å². The average molecular weight is 344 g/mol. The second-order valence-corrected chi connectivity index (χ2v) is 6.25. The molecule has 0 saturated carbocycles. The average Bonchev–Trinajstić information content (AvgIpc) is 2.58. The molecule has 0 bridgehead atoms. The Labute approximate surface area is 150 Å². The smallest absolute Gasteiger partial charge is 0.227 e. The van der Waals surface area contributed by atoms with Gasteiger partial charge in [-0.2, -0.15) is 0 Å². The van der Waals surface area contributed by atoms with E-state index in [4.69, 9.17) is 0 Å². The van der Waals surface area contributed by atoms with Gasteiger partial charge in [-0.25, -0.2) is 0 Å². The van der Waals surface area contributed by atoms with Gasteiger partial charge in [0.25, 0.3) is 0 Å². The predicted octanol–water partition coefficient (Wildman–Crippen LogP) is -0.114. The van der Waals surface area contributed by atoms with Crippen LogP contribution in [0.15, 0.2) is 54.6 Å². The molecule has 2 aromatic rings. The van der Waals surface area contributed by atoms with E-state index >= 15 is 0 Å². The van der Waals surface area contributed by atoms with Crippen LogP contribution in [-0.4, -0.2) is 41.9 Å². The van der Waals surface area contributed by atoms with Gasteiger partial charge in [-0.05, 0) is 23.6 Å². The molecule has 0 unspecified atom stereocenters. The second kappa shape index (κ2) is 8.86. The number of carbonyl (C=O) groups is 1. The normalized spacial score (nSPS) is 15.0. The van der Waals surface area contributed by atoms with Gasteiger partial charge in [-0.15, -0.1) is 0 Å². The van der Waals surface area contributed by atoms with Gasteiger partial charge in [0.2, 0.25) is 5.91 Å². The van der Waals surface area contributed by atoms with Crippen molar-refractivity contribution >= 4 is 5.91 Å². The zero-order valence-electron chi connectivity index (χ0n) is 14.1. The lowest BCUT2D eigenvalue weighted by Gasteiger charge is -2.35. The van der Waals surface area contributed by atoms with Crippen LogP contribution in [0.5, 0.6) is 0 Å². The predicted molar refractivity (Wildman–Crippen MR) is 93.2 cm³/mol. The van der Waals surface area contributed by atoms with E-state index in [1.54, 1.807) is 0 Å². The third-order valence-corrected chi connectivity index (χ3v) is 4.58. The van der Waals surface area contributed by atoms with Crippen molar-refractivity contribution in [2.45, 2.75) is 19.9 Å². The summed E-state index contributed by atoms with van der Waals surface area (Å²) in [5.74, 6) is 0.242. The van der Waals surface area contributed by atoms with Crippen molar-refractivity contribution in [2.75, 3.05) is 26.2 Å². The van der Waals surface area contributed by atoms with E-state index in [0.29, 0.717) is 6.42 Å². The molecule has 0 N–H and O–H groups in total. The minimum absolute atomic E-state index is 0. The molecule has 1 amide bonds. The number of benzene rings is 2. The summed E-state index contributed by atoms with van der Waals surface area (Å²) in [5, 5.41) is 0. The van der Waals surface area contributed by atoms with Crippen LogP contribution in [0.3, 0.4) is 0 Å². The van der Waals surface area contributed by atoms with E-state index in [9.17, 15) is 4.79 Å². The Bertz CT molecular complexity index is 652. The van der Waals surface area contributed by atoms with Crippen LogP contribution in [-0.2, 0) is 17.8 Å². The summed E-state index contributed by atoms with van der Waals surface area (Å²) < 4.78 is 0. The standard InChI is InChI=1S/C20H24N2O.ClH/c1-17-7-5-6-10-19(17)16-21-11-13-22(14-12-21)20(23)15-18-8-3-2-4-9-18;/h2-10H,11-16H2,1H3;1H/p-1. The van der Waals surface area contributed by atoms with Crippen molar-refractivity contribution < 1.29 is 17.2 Å². The summed E-state index contributed by atoms with van der Waals surface area (Å²) >= 11 is 0. The Morgan fingerprint density at radius 1 is 0.917 bits per heavy atom. The molecule has 0 spiro atoms. The highest BCUT2D eigenvalue weighted by Gasteiger charge is 2.21. The van der Waals surface area contributed by atoms with Gasteiger partial charge in [0, 0.05) is 32.7 Å². The number of hydrogen-bond donors (Lipinski definition) is 0. The lowest BCUT2D eigenvalue weighted by atomic mass is 10.1. The third-order valence-electron chi connectivity index (χ3n) is 4.58. The number of hydrogen-bond acceptors (Lipinski definition) is 2. The quantitative estimate of drug-likeness (QED) is 0.773. The van der Waals surface area contributed by atoms with Crippen molar-refractivity contribution in [1.29, 1.82) is 0 Å². The highest BCUT2D eigenvalue weighted by molar-refractivity contribution is 5.78. The fourth-order valence-electron chi connectivity index (χ4n) is 3.07. The fraction of sp³-hybridized carbons (Fsp3) is 0.350. The lowest BCUT2D eigenvalue weighted by molar-refractivity contribution is -0.132. The van der Waals surface area contributed by atoms with Crippen LogP contribution in [0.1, 0.15) is 16.7 Å². The fourth-order valence-corrected chi connectivity index (χ4v) is 3.07. The van der Waals surface area contributed by atoms with Crippen molar-refractivity contribution in [2.24, 2.45) is 0 Å². The van der Waals surface area contributed by atoms with Crippen molar-refractivity contribution in [1.82, 2.24) is 9.80 Å². The molecular weight excluding hydrogens is 320 g/mol. The van der Waals surface area contributed by atoms with Crippen LogP contribution in [0.2, 0.25) is 0 Å². The van der Waals surface area contributed by atoms with Crippen LogP contribution in [0.4, 0.5) is 0 Å². The molecule has 2 aromatic carbocycles. The lowest BCUT2D eigenvalue weighted by Crippen LogP contribution is -3.00. The third kappa shape index (κ3) is 4.83. The second-order valence-electron chi connectivity index (χ2n) is 6.25. The van der Waals surface area contributed by atoms with E-state index in [2.05, 4.69) is 36.1 Å². The zero-order valence-corrected chi connectivity index (χ0v) is 14.9. The van der Waals surface area contributed by atoms with Crippen molar-refractivity contribution in [3.63, 3.8) is 0 Å². The molecule has 24 heavy (non-hydrogen) atoms. The van der Waals surface area contributed by atoms with Crippen LogP contribution < -0.4 is 12.4 Å². The molecule has 0 aliphatic carbocycles. The maximum atomic E-state index is 12.4. The van der Waals surface area contributed by atoms with Crippen molar-refractivity contribution in [3.05, 3.63) is 71.3 Å². The van der Waals surface area contributed by atoms with Crippen LogP contribution >= 0.6 is 0 Å². The number of piperazine rings is 1. The summed E-state index contributed by atoms with van der Waals surface area (Å²) in [6.07, 6.45) is 0.513. The van der Waals surface area contributed by atoms with Gasteiger partial charge in [0.15, 0.2) is 0 Å². The molecule has 1 aliphatic heterocycles. The molecule has 1 heterocycles. The number of amides is 1. The molecular formula is C20H24ClN2O-. The van der Waals surface area contributed by atoms with E-state index in [0.717, 1.165) is 38.3 Å². The number of rotatable bonds is 4. The molecule has 1 aliphatic rings. The highest BCUT2D eigenvalue weighted by Crippen LogP contribution is 2.13. The van der Waals surface area contributed by atoms with Crippen LogP contribution in [0.25, 0.3) is 0 Å². The van der Waals surface area contributed by atoms with Gasteiger partial charge in [-0.3, -0.25) is 9.69 Å². The Morgan fingerprint density at radius 3 is 2.21 bits per heavy atom. The maximum absolute atomic E-state index is 12.4. The first-order chi connectivity index (χ1) is 11.2. The SMILES string of the molecule is Cc1ccccc1CN1CCN(C(=O)Cc2ccccc2)CC1.[Cl-]. The van der Waals surface area contributed by atoms with Crippen molar-refractivity contribution in [3.8, 4) is 0 Å². The number of nitrogens with zero attached hydrogens (tertiary/aromatic N) is 2. The molecule has 0 atom stereocenters. The zero-order chi connectivity index (χ0) is 16.1. The Balaban J connectivity index is 0.00000208. The first-order valence-electron chi connectivity index (χ1n) is 8.31. The minimum Gasteiger partial charge on any atom is -1.00 e. The van der Waals surface area contributed by atoms with E-state index in [1.807, 2.05) is 35.2 Å². The largest absolute Gasteiger partial charge is 1.00 e. The molecule has 3 rings (SSSR count). The van der Waals surface area contributed by atoms with Gasteiger partial charge >= 0.3 is 0 Å². The molecule has 0 radical (unpaired) electrons. The monoisotopic (exact) mass is 343 g/mol. The Morgan fingerprint density at radius 2 is 1.54 bits per heavy atom. The summed E-state index contributed by atoms with van der Waals surface area (Å²) in [6, 6.07) is 18.5. The van der Waals surface area contributed by atoms with Gasteiger partial charge in [-0.1, -0.05) is 54.6 Å². The molecule has 128 valence electrons. The van der Waals surface area contributed by atoms with Gasteiger partial charge in [0.05, 0.1) is 6.42 Å². The first-order valence-corrected chi connectivity index (χ1v) is 8.31. The molecule has 3 nitrogen and oxygen atoms in total. The van der Waals surface area contributed by atoms with Gasteiger partial charge < -0.3 is 17.3 Å². The summed E-state index contributed by atoms with van der Waals surface area (Å²) in [6.45, 7) is 6.71. The van der Waals surface area contributed by atoms with E-state index in [1.165, 1.54) is 11.1 Å². The molecule has 1 saturated heterocycles. The maximum Gasteiger partial charge on any atom is 0.227 e. The van der Waals surface area contributed by atoms with E-state index < -0.39 is 0 Å². The number of halogens is 1.